The van der Waals surface area contributed by atoms with Crippen LogP contribution in [0.5, 0.6) is 0 Å². The quantitative estimate of drug-likeness (QED) is 0.933. The number of benzene rings is 1. The molecule has 21 heavy (non-hydrogen) atoms. The average Bonchev–Trinajstić information content (AvgIpc) is 2.45. The van der Waals surface area contributed by atoms with Crippen LogP contribution in [0.1, 0.15) is 19.8 Å². The van der Waals surface area contributed by atoms with E-state index in [0.717, 1.165) is 12.8 Å². The van der Waals surface area contributed by atoms with Crippen molar-refractivity contribution in [1.82, 2.24) is 4.90 Å². The number of carbonyl (C=O) groups is 2. The molecule has 1 aromatic rings. The van der Waals surface area contributed by atoms with Crippen molar-refractivity contribution in [3.63, 3.8) is 0 Å². The van der Waals surface area contributed by atoms with Gasteiger partial charge in [-0.05, 0) is 43.0 Å². The van der Waals surface area contributed by atoms with E-state index < -0.39 is 5.97 Å². The first kappa shape index (κ1) is 15.6. The summed E-state index contributed by atoms with van der Waals surface area (Å²) in [5.74, 6) is -0.594. The Morgan fingerprint density at radius 2 is 2.05 bits per heavy atom. The number of urea groups is 1. The number of halogens is 1. The fourth-order valence-electron chi connectivity index (χ4n) is 2.56. The molecular formula is C15H19ClN2O3. The van der Waals surface area contributed by atoms with Crippen LogP contribution in [-0.2, 0) is 4.79 Å². The highest BCUT2D eigenvalue weighted by molar-refractivity contribution is 6.30. The van der Waals surface area contributed by atoms with Crippen molar-refractivity contribution in [3.8, 4) is 0 Å². The van der Waals surface area contributed by atoms with Gasteiger partial charge in [-0.2, -0.15) is 0 Å². The van der Waals surface area contributed by atoms with Crippen LogP contribution < -0.4 is 4.90 Å². The van der Waals surface area contributed by atoms with Crippen LogP contribution in [0.4, 0.5) is 10.5 Å². The van der Waals surface area contributed by atoms with E-state index in [-0.39, 0.29) is 12.6 Å². The lowest BCUT2D eigenvalue weighted by Gasteiger charge is -2.35. The molecule has 6 heteroatoms. The van der Waals surface area contributed by atoms with Crippen molar-refractivity contribution in [2.75, 3.05) is 24.5 Å². The zero-order valence-corrected chi connectivity index (χ0v) is 12.7. The normalized spacial score (nSPS) is 18.4. The highest BCUT2D eigenvalue weighted by Crippen LogP contribution is 2.22. The van der Waals surface area contributed by atoms with E-state index in [2.05, 4.69) is 6.92 Å². The van der Waals surface area contributed by atoms with Gasteiger partial charge in [-0.15, -0.1) is 0 Å². The number of carboxylic acid groups (broad SMARTS) is 1. The van der Waals surface area contributed by atoms with Gasteiger partial charge in [0.25, 0.3) is 0 Å². The van der Waals surface area contributed by atoms with Gasteiger partial charge < -0.3 is 10.0 Å². The summed E-state index contributed by atoms with van der Waals surface area (Å²) < 4.78 is 0. The summed E-state index contributed by atoms with van der Waals surface area (Å²) in [6.45, 7) is 3.09. The summed E-state index contributed by atoms with van der Waals surface area (Å²) in [6.07, 6.45) is 2.05. The Labute approximate surface area is 129 Å². The molecule has 2 rings (SSSR count). The van der Waals surface area contributed by atoms with Gasteiger partial charge in [0.1, 0.15) is 6.54 Å². The Bertz CT molecular complexity index is 518. The van der Waals surface area contributed by atoms with E-state index in [0.29, 0.717) is 29.7 Å². The van der Waals surface area contributed by atoms with Crippen LogP contribution in [0.25, 0.3) is 0 Å². The van der Waals surface area contributed by atoms with E-state index in [4.69, 9.17) is 16.7 Å². The third-order valence-electron chi connectivity index (χ3n) is 3.59. The van der Waals surface area contributed by atoms with Gasteiger partial charge in [0, 0.05) is 23.8 Å². The molecule has 0 bridgehead atoms. The van der Waals surface area contributed by atoms with Crippen molar-refractivity contribution < 1.29 is 14.7 Å². The van der Waals surface area contributed by atoms with Crippen LogP contribution in [0.15, 0.2) is 24.3 Å². The van der Waals surface area contributed by atoms with Crippen molar-refractivity contribution in [2.24, 2.45) is 5.92 Å². The third kappa shape index (κ3) is 4.11. The van der Waals surface area contributed by atoms with Gasteiger partial charge in [0.05, 0.1) is 0 Å². The maximum atomic E-state index is 12.6. The predicted octanol–water partition coefficient (Wildman–Crippen LogP) is 3.08. The number of hydrogen-bond donors (Lipinski definition) is 1. The zero-order chi connectivity index (χ0) is 15.4. The Balaban J connectivity index is 2.20. The molecule has 1 aromatic carbocycles. The number of nitrogens with zero attached hydrogens (tertiary/aromatic N) is 2. The zero-order valence-electron chi connectivity index (χ0n) is 12.0. The summed E-state index contributed by atoms with van der Waals surface area (Å²) in [7, 11) is 0. The number of amides is 2. The molecule has 1 aliphatic heterocycles. The number of rotatable bonds is 3. The van der Waals surface area contributed by atoms with Gasteiger partial charge in [0.2, 0.25) is 0 Å². The first-order valence-corrected chi connectivity index (χ1v) is 7.39. The predicted molar refractivity (Wildman–Crippen MR) is 81.8 cm³/mol. The molecule has 114 valence electrons. The van der Waals surface area contributed by atoms with Crippen LogP contribution in [0, 0.1) is 5.92 Å². The molecule has 1 atom stereocenters. The second kappa shape index (κ2) is 6.80. The van der Waals surface area contributed by atoms with Gasteiger partial charge in [-0.25, -0.2) is 4.79 Å². The molecular weight excluding hydrogens is 292 g/mol. The minimum absolute atomic E-state index is 0.258. The van der Waals surface area contributed by atoms with Crippen LogP contribution in [0.2, 0.25) is 5.02 Å². The lowest BCUT2D eigenvalue weighted by atomic mass is 10.0. The molecule has 0 saturated carbocycles. The second-order valence-electron chi connectivity index (χ2n) is 5.43. The first-order valence-electron chi connectivity index (χ1n) is 7.01. The SMILES string of the molecule is CC1CCCN(C(=O)N(CC(=O)O)c2ccc(Cl)cc2)C1. The van der Waals surface area contributed by atoms with Gasteiger partial charge >= 0.3 is 12.0 Å². The number of carboxylic acids is 1. The summed E-state index contributed by atoms with van der Waals surface area (Å²) >= 11 is 5.84. The van der Waals surface area contributed by atoms with Gasteiger partial charge in [0.15, 0.2) is 0 Å². The average molecular weight is 311 g/mol. The molecule has 5 nitrogen and oxygen atoms in total. The summed E-state index contributed by atoms with van der Waals surface area (Å²) in [5.41, 5.74) is 0.546. The van der Waals surface area contributed by atoms with Crippen LogP contribution >= 0.6 is 11.6 Å². The Kier molecular flexibility index (Phi) is 5.07. The maximum absolute atomic E-state index is 12.6. The number of piperidine rings is 1. The fraction of sp³-hybridized carbons (Fsp3) is 0.467. The van der Waals surface area contributed by atoms with E-state index in [1.807, 2.05) is 0 Å². The number of carbonyl (C=O) groups excluding carboxylic acids is 1. The smallest absolute Gasteiger partial charge is 0.325 e. The fourth-order valence-corrected chi connectivity index (χ4v) is 2.69. The highest BCUT2D eigenvalue weighted by Gasteiger charge is 2.27. The van der Waals surface area contributed by atoms with Crippen molar-refractivity contribution in [1.29, 1.82) is 0 Å². The third-order valence-corrected chi connectivity index (χ3v) is 3.84. The standard InChI is InChI=1S/C15H19ClN2O3/c1-11-3-2-8-17(9-11)15(21)18(10-14(19)20)13-6-4-12(16)5-7-13/h4-7,11H,2-3,8-10H2,1H3,(H,19,20). The number of anilines is 1. The monoisotopic (exact) mass is 310 g/mol. The number of likely N-dealkylation sites (tertiary alicyclic amines) is 1. The molecule has 1 aliphatic rings. The Hall–Kier alpha value is -1.75. The topological polar surface area (TPSA) is 60.9 Å². The van der Waals surface area contributed by atoms with Crippen molar-refractivity contribution in [3.05, 3.63) is 29.3 Å². The lowest BCUT2D eigenvalue weighted by Crippen LogP contribution is -2.49. The molecule has 1 saturated heterocycles. The molecule has 1 N–H and O–H groups in total. The minimum Gasteiger partial charge on any atom is -0.480 e. The Morgan fingerprint density at radius 1 is 1.38 bits per heavy atom. The minimum atomic E-state index is -1.04. The molecule has 1 heterocycles. The lowest BCUT2D eigenvalue weighted by molar-refractivity contribution is -0.135. The molecule has 0 aromatic heterocycles. The van der Waals surface area contributed by atoms with Crippen molar-refractivity contribution in [2.45, 2.75) is 19.8 Å². The van der Waals surface area contributed by atoms with E-state index in [9.17, 15) is 9.59 Å². The highest BCUT2D eigenvalue weighted by atomic mass is 35.5. The molecule has 0 aliphatic carbocycles. The summed E-state index contributed by atoms with van der Waals surface area (Å²) in [5, 5.41) is 9.61. The van der Waals surface area contributed by atoms with Crippen LogP contribution in [-0.4, -0.2) is 41.6 Å². The van der Waals surface area contributed by atoms with Gasteiger partial charge in [-0.1, -0.05) is 18.5 Å². The number of hydrogen-bond acceptors (Lipinski definition) is 2. The molecule has 1 fully saturated rings. The van der Waals surface area contributed by atoms with E-state index in [1.54, 1.807) is 29.2 Å². The molecule has 1 unspecified atom stereocenters. The number of aliphatic carboxylic acids is 1. The largest absolute Gasteiger partial charge is 0.480 e. The summed E-state index contributed by atoms with van der Waals surface area (Å²) in [6, 6.07) is 6.37. The van der Waals surface area contributed by atoms with E-state index >= 15 is 0 Å². The molecule has 2 amide bonds. The molecule has 0 spiro atoms. The first-order chi connectivity index (χ1) is 9.97. The van der Waals surface area contributed by atoms with E-state index in [1.165, 1.54) is 4.90 Å². The second-order valence-corrected chi connectivity index (χ2v) is 5.87. The van der Waals surface area contributed by atoms with Gasteiger partial charge in [-0.3, -0.25) is 9.69 Å². The van der Waals surface area contributed by atoms with Crippen LogP contribution in [0.3, 0.4) is 0 Å². The maximum Gasteiger partial charge on any atom is 0.325 e. The Morgan fingerprint density at radius 3 is 2.62 bits per heavy atom. The van der Waals surface area contributed by atoms with Crippen molar-refractivity contribution >= 4 is 29.3 Å². The summed E-state index contributed by atoms with van der Waals surface area (Å²) in [4.78, 5) is 26.7. The molecule has 0 radical (unpaired) electrons.